The topological polar surface area (TPSA) is 71.0 Å². The van der Waals surface area contributed by atoms with Gasteiger partial charge in [-0.3, -0.25) is 0 Å². The van der Waals surface area contributed by atoms with Crippen LogP contribution in [0.25, 0.3) is 0 Å². The van der Waals surface area contributed by atoms with Crippen molar-refractivity contribution in [1.82, 2.24) is 4.90 Å². The number of para-hydroxylation sites is 2. The Balaban J connectivity index is 1.38. The van der Waals surface area contributed by atoms with E-state index in [0.717, 1.165) is 6.42 Å². The van der Waals surface area contributed by atoms with E-state index in [4.69, 9.17) is 9.47 Å². The number of nitrogens with one attached hydrogen (secondary N) is 1. The summed E-state index contributed by atoms with van der Waals surface area (Å²) in [4.78, 5) is 14.0. The first-order valence-electron chi connectivity index (χ1n) is 8.91. The highest BCUT2D eigenvalue weighted by molar-refractivity contribution is 5.91. The number of likely N-dealkylation sites (tertiary alicyclic amines) is 1. The van der Waals surface area contributed by atoms with Crippen molar-refractivity contribution in [1.29, 1.82) is 0 Å². The molecule has 0 spiro atoms. The van der Waals surface area contributed by atoms with Gasteiger partial charge in [0.25, 0.3) is 0 Å². The van der Waals surface area contributed by atoms with E-state index in [0.29, 0.717) is 30.2 Å². The van der Waals surface area contributed by atoms with Gasteiger partial charge in [0.15, 0.2) is 0 Å². The number of amides is 2. The second kappa shape index (κ2) is 7.17. The van der Waals surface area contributed by atoms with Crippen molar-refractivity contribution in [3.8, 4) is 5.75 Å². The van der Waals surface area contributed by atoms with Gasteiger partial charge in [-0.15, -0.1) is 0 Å². The molecule has 0 bridgehead atoms. The molecule has 0 saturated carbocycles. The van der Waals surface area contributed by atoms with Crippen molar-refractivity contribution >= 4 is 11.7 Å². The Labute approximate surface area is 156 Å². The quantitative estimate of drug-likeness (QED) is 0.866. The zero-order valence-corrected chi connectivity index (χ0v) is 14.7. The summed E-state index contributed by atoms with van der Waals surface area (Å²) < 4.78 is 24.3. The molecule has 6 nitrogen and oxygen atoms in total. The van der Waals surface area contributed by atoms with Gasteiger partial charge in [0.2, 0.25) is 0 Å². The highest BCUT2D eigenvalue weighted by atomic mass is 19.1. The van der Waals surface area contributed by atoms with Gasteiger partial charge in [0.1, 0.15) is 23.3 Å². The third-order valence-corrected chi connectivity index (χ3v) is 4.88. The van der Waals surface area contributed by atoms with Crippen LogP contribution < -0.4 is 10.1 Å². The number of ether oxygens (including phenoxy) is 2. The molecular formula is C20H21FN2O4. The third kappa shape index (κ3) is 3.74. The first kappa shape index (κ1) is 17.8. The maximum Gasteiger partial charge on any atom is 0.322 e. The standard InChI is InChI=1S/C20H21FN2O4/c21-15-7-5-14(6-8-15)20(25)12-23(13-20)19(24)22-17-3-1-2-4-18(17)27-16-9-10-26-11-16/h1-8,16,25H,9-13H2,(H,22,24)/t16-/m1/s1. The number of benzene rings is 2. The number of carbonyl (C=O) groups is 1. The maximum absolute atomic E-state index is 13.1. The number of rotatable bonds is 4. The van der Waals surface area contributed by atoms with Gasteiger partial charge in [-0.25, -0.2) is 9.18 Å². The number of halogens is 1. The highest BCUT2D eigenvalue weighted by Gasteiger charge is 2.45. The lowest BCUT2D eigenvalue weighted by Gasteiger charge is -2.46. The van der Waals surface area contributed by atoms with E-state index in [9.17, 15) is 14.3 Å². The molecule has 1 atom stereocenters. The molecule has 2 fully saturated rings. The Morgan fingerprint density at radius 3 is 2.67 bits per heavy atom. The molecule has 2 saturated heterocycles. The molecule has 2 aromatic carbocycles. The van der Waals surface area contributed by atoms with E-state index < -0.39 is 5.60 Å². The third-order valence-electron chi connectivity index (χ3n) is 4.88. The van der Waals surface area contributed by atoms with Crippen LogP contribution in [0.15, 0.2) is 48.5 Å². The lowest BCUT2D eigenvalue weighted by Crippen LogP contribution is -2.62. The summed E-state index contributed by atoms with van der Waals surface area (Å²) in [5.74, 6) is 0.233. The molecular weight excluding hydrogens is 351 g/mol. The Morgan fingerprint density at radius 1 is 1.22 bits per heavy atom. The van der Waals surface area contributed by atoms with Gasteiger partial charge in [0, 0.05) is 6.42 Å². The second-order valence-electron chi connectivity index (χ2n) is 6.92. The average Bonchev–Trinajstić information content (AvgIpc) is 3.14. The molecule has 142 valence electrons. The summed E-state index contributed by atoms with van der Waals surface area (Å²) in [5, 5.41) is 13.5. The molecule has 0 aromatic heterocycles. The minimum absolute atomic E-state index is 0.0179. The van der Waals surface area contributed by atoms with Crippen LogP contribution in [0, 0.1) is 5.82 Å². The lowest BCUT2D eigenvalue weighted by atomic mass is 9.86. The van der Waals surface area contributed by atoms with Crippen molar-refractivity contribution in [3.63, 3.8) is 0 Å². The molecule has 27 heavy (non-hydrogen) atoms. The Kier molecular flexibility index (Phi) is 4.72. The van der Waals surface area contributed by atoms with Gasteiger partial charge >= 0.3 is 6.03 Å². The second-order valence-corrected chi connectivity index (χ2v) is 6.92. The molecule has 4 rings (SSSR count). The van der Waals surface area contributed by atoms with Crippen LogP contribution in [0.2, 0.25) is 0 Å². The fourth-order valence-electron chi connectivity index (χ4n) is 3.32. The fourth-order valence-corrected chi connectivity index (χ4v) is 3.32. The van der Waals surface area contributed by atoms with E-state index in [-0.39, 0.29) is 31.0 Å². The Morgan fingerprint density at radius 2 is 1.96 bits per heavy atom. The Bertz CT molecular complexity index is 815. The lowest BCUT2D eigenvalue weighted by molar-refractivity contribution is -0.0793. The summed E-state index contributed by atoms with van der Waals surface area (Å²) in [6.45, 7) is 1.50. The van der Waals surface area contributed by atoms with Crippen molar-refractivity contribution in [2.24, 2.45) is 0 Å². The van der Waals surface area contributed by atoms with Crippen LogP contribution in [0.5, 0.6) is 5.75 Å². The summed E-state index contributed by atoms with van der Waals surface area (Å²) in [5.41, 5.74) is 0.0203. The number of β-amino-alcohol motifs (C(OH)–C–C–N with tert-alkyl or cyclic N) is 1. The van der Waals surface area contributed by atoms with E-state index >= 15 is 0 Å². The fraction of sp³-hybridized carbons (Fsp3) is 0.350. The Hall–Kier alpha value is -2.64. The van der Waals surface area contributed by atoms with Crippen LogP contribution in [-0.4, -0.2) is 48.4 Å². The molecule has 0 aliphatic carbocycles. The van der Waals surface area contributed by atoms with Gasteiger partial charge in [0.05, 0.1) is 32.0 Å². The summed E-state index contributed by atoms with van der Waals surface area (Å²) in [7, 11) is 0. The molecule has 2 aliphatic heterocycles. The maximum atomic E-state index is 13.1. The monoisotopic (exact) mass is 372 g/mol. The van der Waals surface area contributed by atoms with Crippen molar-refractivity contribution in [2.75, 3.05) is 31.6 Å². The van der Waals surface area contributed by atoms with Crippen molar-refractivity contribution in [3.05, 3.63) is 59.9 Å². The minimum Gasteiger partial charge on any atom is -0.486 e. The molecule has 2 amide bonds. The molecule has 2 heterocycles. The predicted molar refractivity (Wildman–Crippen MR) is 97.2 cm³/mol. The molecule has 2 N–H and O–H groups in total. The summed E-state index contributed by atoms with van der Waals surface area (Å²) >= 11 is 0. The first-order chi connectivity index (χ1) is 13.0. The van der Waals surface area contributed by atoms with Gasteiger partial charge < -0.3 is 24.8 Å². The van der Waals surface area contributed by atoms with E-state index in [1.165, 1.54) is 29.2 Å². The van der Waals surface area contributed by atoms with Crippen LogP contribution in [0.4, 0.5) is 14.9 Å². The van der Waals surface area contributed by atoms with E-state index in [1.54, 1.807) is 12.1 Å². The van der Waals surface area contributed by atoms with Crippen LogP contribution >= 0.6 is 0 Å². The molecule has 0 unspecified atom stereocenters. The SMILES string of the molecule is O=C(Nc1ccccc1O[C@@H]1CCOC1)N1CC(O)(c2ccc(F)cc2)C1. The smallest absolute Gasteiger partial charge is 0.322 e. The molecule has 2 aromatic rings. The van der Waals surface area contributed by atoms with Gasteiger partial charge in [-0.05, 0) is 29.8 Å². The normalized spacial score (nSPS) is 20.8. The van der Waals surface area contributed by atoms with Crippen molar-refractivity contribution < 1.29 is 23.8 Å². The van der Waals surface area contributed by atoms with Crippen LogP contribution in [0.3, 0.4) is 0 Å². The number of aliphatic hydroxyl groups is 1. The number of carbonyl (C=O) groups excluding carboxylic acids is 1. The van der Waals surface area contributed by atoms with Crippen LogP contribution in [0.1, 0.15) is 12.0 Å². The first-order valence-corrected chi connectivity index (χ1v) is 8.91. The zero-order chi connectivity index (χ0) is 18.9. The van der Waals surface area contributed by atoms with E-state index in [1.807, 2.05) is 12.1 Å². The highest BCUT2D eigenvalue weighted by Crippen LogP contribution is 2.33. The largest absolute Gasteiger partial charge is 0.486 e. The van der Waals surface area contributed by atoms with Crippen LogP contribution in [-0.2, 0) is 10.3 Å². The number of hydrogen-bond acceptors (Lipinski definition) is 4. The molecule has 0 radical (unpaired) electrons. The summed E-state index contributed by atoms with van der Waals surface area (Å²) in [6, 6.07) is 12.6. The number of hydrogen-bond donors (Lipinski definition) is 2. The van der Waals surface area contributed by atoms with Gasteiger partial charge in [-0.1, -0.05) is 24.3 Å². The summed E-state index contributed by atoms with van der Waals surface area (Å²) in [6.07, 6.45) is 0.801. The van der Waals surface area contributed by atoms with Gasteiger partial charge in [-0.2, -0.15) is 0 Å². The average molecular weight is 372 g/mol. The predicted octanol–water partition coefficient (Wildman–Crippen LogP) is 2.73. The zero-order valence-electron chi connectivity index (χ0n) is 14.7. The molecule has 7 heteroatoms. The van der Waals surface area contributed by atoms with Crippen molar-refractivity contribution in [2.45, 2.75) is 18.1 Å². The van der Waals surface area contributed by atoms with E-state index in [2.05, 4.69) is 5.32 Å². The molecule has 2 aliphatic rings. The number of urea groups is 1. The minimum atomic E-state index is -1.15. The number of nitrogens with zero attached hydrogens (tertiary/aromatic N) is 1. The number of anilines is 1.